The fraction of sp³-hybridized carbons (Fsp3) is 0.422. The number of aromatic nitrogens is 2. The van der Waals surface area contributed by atoms with Crippen molar-refractivity contribution < 1.29 is 18.5 Å². The standard InChI is InChI=1S/C24H25NO2.C21H23NO2/c1-2-4-16(5-3-1)15-26-20-6-7-21-22(11-20)27-25-23(21)24-12-17-8-18(13-24)10-19(9-17)14-24;1-2-7-11-17(10-6-1)21-19-13-12-18(14-20(19)24-22-21)23-15-16-8-4-3-5-9-16/h1-7,11,17-19H,8-10,12-15H2;3-5,8-9,12-14,17H,1-2,6-7,10-11,15H2. The summed E-state index contributed by atoms with van der Waals surface area (Å²) in [5.41, 5.74) is 6.67. The Morgan fingerprint density at radius 2 is 1.08 bits per heavy atom. The van der Waals surface area contributed by atoms with Gasteiger partial charge in [0.1, 0.15) is 24.7 Å². The molecule has 11 rings (SSSR count). The molecule has 5 saturated carbocycles. The van der Waals surface area contributed by atoms with Gasteiger partial charge in [-0.2, -0.15) is 0 Å². The van der Waals surface area contributed by atoms with Gasteiger partial charge in [-0.15, -0.1) is 0 Å². The lowest BCUT2D eigenvalue weighted by molar-refractivity contribution is -0.00781. The van der Waals surface area contributed by atoms with Gasteiger partial charge in [0.2, 0.25) is 0 Å². The molecule has 262 valence electrons. The second kappa shape index (κ2) is 14.2. The maximum atomic E-state index is 5.97. The summed E-state index contributed by atoms with van der Waals surface area (Å²) in [5, 5.41) is 11.3. The van der Waals surface area contributed by atoms with E-state index in [0.29, 0.717) is 19.1 Å². The van der Waals surface area contributed by atoms with Crippen LogP contribution in [0.5, 0.6) is 11.5 Å². The van der Waals surface area contributed by atoms with E-state index in [1.807, 2.05) is 54.6 Å². The molecule has 0 spiro atoms. The Morgan fingerprint density at radius 1 is 0.569 bits per heavy atom. The summed E-state index contributed by atoms with van der Waals surface area (Å²) < 4.78 is 23.3. The molecule has 0 saturated heterocycles. The van der Waals surface area contributed by atoms with Crippen molar-refractivity contribution in [3.05, 3.63) is 120 Å². The number of hydrogen-bond donors (Lipinski definition) is 0. The molecule has 2 heterocycles. The Morgan fingerprint density at radius 3 is 1.65 bits per heavy atom. The van der Waals surface area contributed by atoms with E-state index < -0.39 is 0 Å². The number of fused-ring (bicyclic) bond motifs is 2. The second-order valence-electron chi connectivity index (χ2n) is 15.8. The van der Waals surface area contributed by atoms with E-state index in [0.717, 1.165) is 57.1 Å². The van der Waals surface area contributed by atoms with Crippen LogP contribution >= 0.6 is 0 Å². The van der Waals surface area contributed by atoms with E-state index in [2.05, 4.69) is 52.8 Å². The predicted molar refractivity (Wildman–Crippen MR) is 200 cm³/mol. The third-order valence-electron chi connectivity index (χ3n) is 12.2. The summed E-state index contributed by atoms with van der Waals surface area (Å²) in [4.78, 5) is 0. The number of nitrogens with zero attached hydrogens (tertiary/aromatic N) is 2. The van der Waals surface area contributed by atoms with Crippen LogP contribution in [0.25, 0.3) is 21.9 Å². The van der Waals surface area contributed by atoms with Crippen LogP contribution in [0, 0.1) is 17.8 Å². The van der Waals surface area contributed by atoms with E-state index in [1.165, 1.54) is 93.7 Å². The average Bonchev–Trinajstić information content (AvgIpc) is 3.69. The molecule has 6 heteroatoms. The summed E-state index contributed by atoms with van der Waals surface area (Å²) in [6.45, 7) is 1.14. The molecule has 2 aromatic heterocycles. The zero-order chi connectivity index (χ0) is 34.0. The van der Waals surface area contributed by atoms with E-state index in [9.17, 15) is 0 Å². The van der Waals surface area contributed by atoms with Crippen molar-refractivity contribution in [2.75, 3.05) is 0 Å². The first-order valence-corrected chi connectivity index (χ1v) is 19.3. The van der Waals surface area contributed by atoms with Gasteiger partial charge in [0.15, 0.2) is 11.2 Å². The lowest BCUT2D eigenvalue weighted by Gasteiger charge is -2.56. The summed E-state index contributed by atoms with van der Waals surface area (Å²) in [6, 6.07) is 32.8. The molecule has 0 amide bonds. The molecule has 4 bridgehead atoms. The highest BCUT2D eigenvalue weighted by Gasteiger charge is 2.53. The van der Waals surface area contributed by atoms with Gasteiger partial charge < -0.3 is 18.5 Å². The molecule has 4 aromatic carbocycles. The molecule has 51 heavy (non-hydrogen) atoms. The van der Waals surface area contributed by atoms with Gasteiger partial charge in [0.05, 0.1) is 11.4 Å². The summed E-state index contributed by atoms with van der Waals surface area (Å²) in [5.74, 6) is 4.96. The van der Waals surface area contributed by atoms with Gasteiger partial charge in [0.25, 0.3) is 0 Å². The molecular formula is C45H48N2O4. The van der Waals surface area contributed by atoms with E-state index >= 15 is 0 Å². The van der Waals surface area contributed by atoms with Crippen LogP contribution in [0.4, 0.5) is 0 Å². The first-order chi connectivity index (χ1) is 25.2. The van der Waals surface area contributed by atoms with E-state index in [-0.39, 0.29) is 5.41 Å². The maximum absolute atomic E-state index is 5.97. The van der Waals surface area contributed by atoms with E-state index in [4.69, 9.17) is 18.5 Å². The highest BCUT2D eigenvalue weighted by atomic mass is 16.5. The predicted octanol–water partition coefficient (Wildman–Crippen LogP) is 11.7. The molecule has 5 aliphatic carbocycles. The molecule has 0 atom stereocenters. The number of rotatable bonds is 8. The molecule has 6 aromatic rings. The lowest BCUT2D eigenvalue weighted by Crippen LogP contribution is -2.48. The summed E-state index contributed by atoms with van der Waals surface area (Å²) in [7, 11) is 0. The summed E-state index contributed by atoms with van der Waals surface area (Å²) >= 11 is 0. The zero-order valence-electron chi connectivity index (χ0n) is 29.5. The van der Waals surface area contributed by atoms with Gasteiger partial charge in [-0.25, -0.2) is 0 Å². The minimum Gasteiger partial charge on any atom is -0.489 e. The third kappa shape index (κ3) is 6.90. The fourth-order valence-electron chi connectivity index (χ4n) is 10.1. The highest BCUT2D eigenvalue weighted by molar-refractivity contribution is 5.82. The van der Waals surface area contributed by atoms with Gasteiger partial charge in [-0.1, -0.05) is 96.7 Å². The van der Waals surface area contributed by atoms with Crippen LogP contribution in [0.15, 0.2) is 106 Å². The van der Waals surface area contributed by atoms with Crippen LogP contribution < -0.4 is 9.47 Å². The van der Waals surface area contributed by atoms with Crippen molar-refractivity contribution >= 4 is 21.9 Å². The van der Waals surface area contributed by atoms with Crippen molar-refractivity contribution in [3.8, 4) is 11.5 Å². The van der Waals surface area contributed by atoms with Crippen LogP contribution in [0.2, 0.25) is 0 Å². The Labute approximate surface area is 300 Å². The SMILES string of the molecule is c1ccc(COc2ccc3c(C45CC6CC(CC(C6)C4)C5)noc3c2)cc1.c1ccc(COc2ccc3c(C4CCCCCC4)noc3c2)cc1. The molecule has 0 aliphatic heterocycles. The number of benzene rings is 4. The van der Waals surface area contributed by atoms with Crippen LogP contribution in [-0.4, -0.2) is 10.3 Å². The molecule has 6 nitrogen and oxygen atoms in total. The Bertz CT molecular complexity index is 2020. The van der Waals surface area contributed by atoms with Crippen molar-refractivity contribution in [2.45, 2.75) is 102 Å². The Balaban J connectivity index is 0.000000138. The Hall–Kier alpha value is -4.58. The van der Waals surface area contributed by atoms with Gasteiger partial charge >= 0.3 is 0 Å². The fourth-order valence-corrected chi connectivity index (χ4v) is 10.1. The van der Waals surface area contributed by atoms with Crippen molar-refractivity contribution in [1.29, 1.82) is 0 Å². The Kier molecular flexibility index (Phi) is 9.01. The largest absolute Gasteiger partial charge is 0.489 e. The summed E-state index contributed by atoms with van der Waals surface area (Å²) in [6.07, 6.45) is 16.1. The lowest BCUT2D eigenvalue weighted by atomic mass is 9.48. The van der Waals surface area contributed by atoms with Gasteiger partial charge in [-0.05, 0) is 105 Å². The quantitative estimate of drug-likeness (QED) is 0.149. The second-order valence-corrected chi connectivity index (χ2v) is 15.8. The molecular weight excluding hydrogens is 633 g/mol. The first kappa shape index (κ1) is 32.3. The van der Waals surface area contributed by atoms with Crippen LogP contribution in [-0.2, 0) is 18.6 Å². The van der Waals surface area contributed by atoms with Gasteiger partial charge in [-0.3, -0.25) is 0 Å². The van der Waals surface area contributed by atoms with Crippen LogP contribution in [0.1, 0.15) is 105 Å². The molecule has 0 radical (unpaired) electrons. The van der Waals surface area contributed by atoms with Crippen molar-refractivity contribution in [3.63, 3.8) is 0 Å². The van der Waals surface area contributed by atoms with Gasteiger partial charge in [0, 0.05) is 34.2 Å². The van der Waals surface area contributed by atoms with Crippen LogP contribution in [0.3, 0.4) is 0 Å². The topological polar surface area (TPSA) is 70.5 Å². The number of hydrogen-bond acceptors (Lipinski definition) is 6. The normalized spacial score (nSPS) is 24.3. The monoisotopic (exact) mass is 680 g/mol. The highest BCUT2D eigenvalue weighted by Crippen LogP contribution is 2.61. The smallest absolute Gasteiger partial charge is 0.170 e. The van der Waals surface area contributed by atoms with Crippen molar-refractivity contribution in [1.82, 2.24) is 10.3 Å². The molecule has 5 aliphatic rings. The first-order valence-electron chi connectivity index (χ1n) is 19.3. The zero-order valence-corrected chi connectivity index (χ0v) is 29.5. The maximum Gasteiger partial charge on any atom is 0.170 e. The molecule has 0 N–H and O–H groups in total. The number of ether oxygens (including phenoxy) is 2. The minimum atomic E-state index is 0.270. The third-order valence-corrected chi connectivity index (χ3v) is 12.2. The van der Waals surface area contributed by atoms with E-state index in [1.54, 1.807) is 0 Å². The minimum absolute atomic E-state index is 0.270. The average molecular weight is 681 g/mol. The van der Waals surface area contributed by atoms with Crippen molar-refractivity contribution in [2.24, 2.45) is 17.8 Å². The molecule has 5 fully saturated rings. The molecule has 0 unspecified atom stereocenters.